The van der Waals surface area contributed by atoms with Crippen molar-refractivity contribution in [1.29, 1.82) is 0 Å². The van der Waals surface area contributed by atoms with Gasteiger partial charge in [-0.3, -0.25) is 0 Å². The predicted molar refractivity (Wildman–Crippen MR) is 76.5 cm³/mol. The van der Waals surface area contributed by atoms with Crippen molar-refractivity contribution < 1.29 is 34.6 Å². The highest BCUT2D eigenvalue weighted by molar-refractivity contribution is 4.97. The Kier molecular flexibility index (Phi) is 6.27. The minimum absolute atomic E-state index is 0.476. The molecule has 23 heavy (non-hydrogen) atoms. The highest BCUT2D eigenvalue weighted by atomic mass is 16.8. The van der Waals surface area contributed by atoms with Crippen LogP contribution in [0.1, 0.15) is 0 Å². The topological polar surface area (TPSA) is 213 Å². The Bertz CT molecular complexity index is 354. The number of aliphatic hydroxyl groups excluding tert-OH is 4. The molecule has 2 aliphatic heterocycles. The molecule has 0 aromatic rings. The summed E-state index contributed by atoms with van der Waals surface area (Å²) in [4.78, 5) is 0. The van der Waals surface area contributed by atoms with Gasteiger partial charge in [0.1, 0.15) is 12.2 Å². The average Bonchev–Trinajstić information content (AvgIpc) is 2.55. The zero-order valence-corrected chi connectivity index (χ0v) is 12.5. The maximum atomic E-state index is 9.85. The van der Waals surface area contributed by atoms with Crippen molar-refractivity contribution in [3.05, 3.63) is 0 Å². The largest absolute Gasteiger partial charge is 0.394 e. The third kappa shape index (κ3) is 3.65. The molecule has 2 aliphatic rings. The van der Waals surface area contributed by atoms with Gasteiger partial charge in [0, 0.05) is 0 Å². The molecule has 11 heteroatoms. The van der Waals surface area contributed by atoms with Crippen molar-refractivity contribution in [2.24, 2.45) is 22.9 Å². The molecule has 11 nitrogen and oxygen atoms in total. The molecule has 0 aromatic carbocycles. The monoisotopic (exact) mass is 338 g/mol. The zero-order chi connectivity index (χ0) is 17.3. The Hall–Kier alpha value is -0.440. The Morgan fingerprint density at radius 3 is 1.35 bits per heavy atom. The minimum atomic E-state index is -1.15. The van der Waals surface area contributed by atoms with E-state index >= 15 is 0 Å². The van der Waals surface area contributed by atoms with Crippen LogP contribution in [0.5, 0.6) is 0 Å². The van der Waals surface area contributed by atoms with E-state index in [0.717, 1.165) is 0 Å². The summed E-state index contributed by atoms with van der Waals surface area (Å²) in [6, 6.07) is -3.59. The molecule has 2 heterocycles. The summed E-state index contributed by atoms with van der Waals surface area (Å²) < 4.78 is 16.3. The normalized spacial score (nSPS) is 51.7. The number of hydrogen-bond acceptors (Lipinski definition) is 11. The molecular formula is C12H26N4O7. The molecule has 136 valence electrons. The van der Waals surface area contributed by atoms with Gasteiger partial charge in [0.15, 0.2) is 12.6 Å². The van der Waals surface area contributed by atoms with Crippen LogP contribution >= 0.6 is 0 Å². The third-order valence-electron chi connectivity index (χ3n) is 4.31. The lowest BCUT2D eigenvalue weighted by molar-refractivity contribution is -0.326. The molecule has 10 atom stereocenters. The second kappa shape index (κ2) is 7.63. The fourth-order valence-electron chi connectivity index (χ4n) is 2.68. The standard InChI is InChI=1S/C12H26N4O7/c13-5-7(15)11(21-3(1-17)9(5)19)23-12-8(16)6(14)10(20)4(2-18)22-12/h3-12,17-20H,1-2,13-16H2/t3-,4-,5-,6-,7+,8+,9-,10-,11-,12-/m1/s1. The molecule has 0 aliphatic carbocycles. The van der Waals surface area contributed by atoms with E-state index in [1.807, 2.05) is 0 Å². The Balaban J connectivity index is 2.07. The molecule has 0 bridgehead atoms. The summed E-state index contributed by atoms with van der Waals surface area (Å²) >= 11 is 0. The maximum absolute atomic E-state index is 9.85. The molecule has 0 spiro atoms. The molecule has 2 rings (SSSR count). The lowest BCUT2D eigenvalue weighted by Crippen LogP contribution is -2.69. The molecule has 0 unspecified atom stereocenters. The van der Waals surface area contributed by atoms with Crippen LogP contribution in [0.2, 0.25) is 0 Å². The molecule has 0 radical (unpaired) electrons. The summed E-state index contributed by atoms with van der Waals surface area (Å²) in [6.07, 6.45) is -6.45. The number of aliphatic hydroxyl groups is 4. The number of ether oxygens (including phenoxy) is 3. The van der Waals surface area contributed by atoms with Gasteiger partial charge < -0.3 is 57.6 Å². The first-order chi connectivity index (χ1) is 10.8. The third-order valence-corrected chi connectivity index (χ3v) is 4.31. The van der Waals surface area contributed by atoms with Crippen LogP contribution in [0, 0.1) is 0 Å². The van der Waals surface area contributed by atoms with Crippen molar-refractivity contribution >= 4 is 0 Å². The summed E-state index contributed by atoms with van der Waals surface area (Å²) in [7, 11) is 0. The van der Waals surface area contributed by atoms with Gasteiger partial charge >= 0.3 is 0 Å². The predicted octanol–water partition coefficient (Wildman–Crippen LogP) is -5.53. The van der Waals surface area contributed by atoms with Gasteiger partial charge in [-0.25, -0.2) is 0 Å². The number of rotatable bonds is 4. The van der Waals surface area contributed by atoms with Crippen LogP contribution in [-0.2, 0) is 14.2 Å². The SMILES string of the molecule is N[C@@H]1[C@@H](O[C@H]2O[C@H](CO)[C@@H](O)[C@H](N)[C@@H]2N)O[C@H](CO)[C@@H](O)[C@@H]1N. The Morgan fingerprint density at radius 2 is 1.04 bits per heavy atom. The van der Waals surface area contributed by atoms with E-state index in [1.165, 1.54) is 0 Å². The van der Waals surface area contributed by atoms with Gasteiger partial charge in [-0.05, 0) is 0 Å². The Labute approximate surface area is 133 Å². The minimum Gasteiger partial charge on any atom is -0.394 e. The smallest absolute Gasteiger partial charge is 0.177 e. The maximum Gasteiger partial charge on any atom is 0.177 e. The summed E-state index contributed by atoms with van der Waals surface area (Å²) in [5, 5.41) is 38.1. The molecular weight excluding hydrogens is 312 g/mol. The van der Waals surface area contributed by atoms with E-state index in [9.17, 15) is 20.4 Å². The van der Waals surface area contributed by atoms with Crippen molar-refractivity contribution in [1.82, 2.24) is 0 Å². The number of hydrogen-bond donors (Lipinski definition) is 8. The first-order valence-corrected chi connectivity index (χ1v) is 7.38. The highest BCUT2D eigenvalue weighted by Gasteiger charge is 2.47. The fraction of sp³-hybridized carbons (Fsp3) is 1.00. The van der Waals surface area contributed by atoms with Crippen molar-refractivity contribution in [3.63, 3.8) is 0 Å². The van der Waals surface area contributed by atoms with Gasteiger partial charge in [0.2, 0.25) is 0 Å². The van der Waals surface area contributed by atoms with Crippen LogP contribution in [0.15, 0.2) is 0 Å². The lowest BCUT2D eigenvalue weighted by Gasteiger charge is -2.46. The van der Waals surface area contributed by atoms with E-state index in [4.69, 9.17) is 37.1 Å². The van der Waals surface area contributed by atoms with E-state index in [0.29, 0.717) is 0 Å². The van der Waals surface area contributed by atoms with Gasteiger partial charge in [0.25, 0.3) is 0 Å². The second-order valence-electron chi connectivity index (χ2n) is 5.88. The highest BCUT2D eigenvalue weighted by Crippen LogP contribution is 2.25. The van der Waals surface area contributed by atoms with Crippen LogP contribution in [-0.4, -0.2) is 94.8 Å². The van der Waals surface area contributed by atoms with Crippen molar-refractivity contribution in [3.8, 4) is 0 Å². The summed E-state index contributed by atoms with van der Waals surface area (Å²) in [5.41, 5.74) is 23.4. The summed E-state index contributed by atoms with van der Waals surface area (Å²) in [5.74, 6) is 0. The summed E-state index contributed by atoms with van der Waals surface area (Å²) in [6.45, 7) is -0.951. The van der Waals surface area contributed by atoms with E-state index in [2.05, 4.69) is 0 Å². The van der Waals surface area contributed by atoms with E-state index in [-0.39, 0.29) is 0 Å². The first-order valence-electron chi connectivity index (χ1n) is 7.38. The van der Waals surface area contributed by atoms with Gasteiger partial charge in [-0.2, -0.15) is 0 Å². The van der Waals surface area contributed by atoms with Gasteiger partial charge in [0.05, 0.1) is 49.6 Å². The molecule has 2 saturated heterocycles. The molecule has 0 aromatic heterocycles. The van der Waals surface area contributed by atoms with E-state index in [1.54, 1.807) is 0 Å². The lowest BCUT2D eigenvalue weighted by atomic mass is 9.94. The molecule has 0 saturated carbocycles. The molecule has 12 N–H and O–H groups in total. The van der Waals surface area contributed by atoms with Crippen LogP contribution in [0.25, 0.3) is 0 Å². The molecule has 2 fully saturated rings. The first kappa shape index (κ1) is 18.9. The van der Waals surface area contributed by atoms with Crippen LogP contribution < -0.4 is 22.9 Å². The number of nitrogens with two attached hydrogens (primary N) is 4. The fourth-order valence-corrected chi connectivity index (χ4v) is 2.68. The molecule has 0 amide bonds. The second-order valence-corrected chi connectivity index (χ2v) is 5.88. The van der Waals surface area contributed by atoms with Gasteiger partial charge in [-0.15, -0.1) is 0 Å². The van der Waals surface area contributed by atoms with Crippen molar-refractivity contribution in [2.45, 2.75) is 61.2 Å². The Morgan fingerprint density at radius 1 is 0.696 bits per heavy atom. The van der Waals surface area contributed by atoms with Crippen molar-refractivity contribution in [2.75, 3.05) is 13.2 Å². The van der Waals surface area contributed by atoms with Crippen LogP contribution in [0.3, 0.4) is 0 Å². The quantitative estimate of drug-likeness (QED) is 0.242. The average molecular weight is 338 g/mol. The van der Waals surface area contributed by atoms with Gasteiger partial charge in [-0.1, -0.05) is 0 Å². The van der Waals surface area contributed by atoms with E-state index < -0.39 is 74.4 Å². The van der Waals surface area contributed by atoms with Crippen LogP contribution in [0.4, 0.5) is 0 Å². The zero-order valence-electron chi connectivity index (χ0n) is 12.5.